The molecule has 0 unspecified atom stereocenters. The molecule has 2 aromatic rings. The Labute approximate surface area is 143 Å². The van der Waals surface area contributed by atoms with Gasteiger partial charge in [0.25, 0.3) is 11.8 Å². The highest BCUT2D eigenvalue weighted by molar-refractivity contribution is 6.09. The summed E-state index contributed by atoms with van der Waals surface area (Å²) in [7, 11) is 1.43. The van der Waals surface area contributed by atoms with Crippen LogP contribution in [-0.2, 0) is 9.59 Å². The van der Waals surface area contributed by atoms with E-state index in [1.165, 1.54) is 19.4 Å². The third-order valence-corrected chi connectivity index (χ3v) is 2.99. The van der Waals surface area contributed by atoms with Gasteiger partial charge in [-0.05, 0) is 29.8 Å². The van der Waals surface area contributed by atoms with Gasteiger partial charge < -0.3 is 19.6 Å². The van der Waals surface area contributed by atoms with E-state index in [-0.39, 0.29) is 18.1 Å². The molecule has 8 nitrogen and oxygen atoms in total. The molecule has 128 valence electrons. The first kappa shape index (κ1) is 17.6. The summed E-state index contributed by atoms with van der Waals surface area (Å²) < 4.78 is 15.4. The van der Waals surface area contributed by atoms with Gasteiger partial charge in [-0.2, -0.15) is 5.26 Å². The molecule has 0 fully saturated rings. The molecule has 0 atom stereocenters. The number of nitrogens with zero attached hydrogens (tertiary/aromatic N) is 1. The Kier molecular flexibility index (Phi) is 5.79. The highest BCUT2D eigenvalue weighted by Crippen LogP contribution is 2.29. The van der Waals surface area contributed by atoms with Crippen LogP contribution in [0.25, 0.3) is 6.08 Å². The van der Waals surface area contributed by atoms with Crippen molar-refractivity contribution in [3.05, 3.63) is 47.7 Å². The van der Waals surface area contributed by atoms with Crippen LogP contribution in [0.1, 0.15) is 5.56 Å². The summed E-state index contributed by atoms with van der Waals surface area (Å²) in [5.41, 5.74) is 5.45. The molecular weight excluding hydrogens is 326 g/mol. The summed E-state index contributed by atoms with van der Waals surface area (Å²) in [6.45, 7) is -0.291. The van der Waals surface area contributed by atoms with Crippen molar-refractivity contribution in [3.63, 3.8) is 0 Å². The quantitative estimate of drug-likeness (QED) is 0.583. The van der Waals surface area contributed by atoms with Crippen LogP contribution in [0.3, 0.4) is 0 Å². The number of ether oxygens (including phenoxy) is 2. The highest BCUT2D eigenvalue weighted by atomic mass is 16.5. The van der Waals surface area contributed by atoms with E-state index in [0.717, 1.165) is 0 Å². The number of carbonyl (C=O) groups is 2. The Bertz CT molecular complexity index is 834. The molecule has 0 saturated carbocycles. The van der Waals surface area contributed by atoms with Gasteiger partial charge in [-0.3, -0.25) is 14.9 Å². The molecule has 0 saturated heterocycles. The second-order valence-corrected chi connectivity index (χ2v) is 4.77. The summed E-state index contributed by atoms with van der Waals surface area (Å²) in [6, 6.07) is 9.72. The number of benzene rings is 1. The van der Waals surface area contributed by atoms with E-state index >= 15 is 0 Å². The van der Waals surface area contributed by atoms with E-state index in [0.29, 0.717) is 17.1 Å². The summed E-state index contributed by atoms with van der Waals surface area (Å²) in [5.74, 6) is -0.340. The third kappa shape index (κ3) is 4.87. The van der Waals surface area contributed by atoms with E-state index in [1.54, 1.807) is 30.3 Å². The van der Waals surface area contributed by atoms with Crippen molar-refractivity contribution in [2.45, 2.75) is 0 Å². The van der Waals surface area contributed by atoms with Gasteiger partial charge >= 0.3 is 0 Å². The van der Waals surface area contributed by atoms with Crippen molar-refractivity contribution in [1.82, 2.24) is 0 Å². The smallest absolute Gasteiger partial charge is 0.268 e. The summed E-state index contributed by atoms with van der Waals surface area (Å²) >= 11 is 0. The lowest BCUT2D eigenvalue weighted by molar-refractivity contribution is -0.120. The van der Waals surface area contributed by atoms with Crippen molar-refractivity contribution in [3.8, 4) is 17.6 Å². The minimum Gasteiger partial charge on any atom is -0.493 e. The summed E-state index contributed by atoms with van der Waals surface area (Å²) in [5, 5.41) is 11.7. The maximum atomic E-state index is 12.1. The zero-order chi connectivity index (χ0) is 18.2. The fourth-order valence-corrected chi connectivity index (χ4v) is 1.89. The largest absolute Gasteiger partial charge is 0.493 e. The van der Waals surface area contributed by atoms with Crippen molar-refractivity contribution >= 4 is 23.8 Å². The van der Waals surface area contributed by atoms with Gasteiger partial charge in [-0.15, -0.1) is 0 Å². The molecule has 0 aliphatic carbocycles. The molecule has 2 amide bonds. The van der Waals surface area contributed by atoms with E-state index in [9.17, 15) is 14.9 Å². The molecular formula is C17H15N3O5. The second kappa shape index (κ2) is 8.21. The lowest BCUT2D eigenvalue weighted by Crippen LogP contribution is -2.20. The SMILES string of the molecule is COc1cc(/C=C(\C#N)C(=O)Nc2ccco2)ccc1OCC(N)=O. The minimum atomic E-state index is -0.618. The number of rotatable bonds is 7. The molecule has 1 heterocycles. The number of nitrogens with one attached hydrogen (secondary N) is 1. The van der Waals surface area contributed by atoms with Crippen LogP contribution in [0, 0.1) is 11.3 Å². The molecule has 0 aliphatic heterocycles. The topological polar surface area (TPSA) is 128 Å². The van der Waals surface area contributed by atoms with Crippen molar-refractivity contribution in [2.75, 3.05) is 19.0 Å². The first-order chi connectivity index (χ1) is 12.0. The Hall–Kier alpha value is -3.73. The zero-order valence-corrected chi connectivity index (χ0v) is 13.3. The average Bonchev–Trinajstić information content (AvgIpc) is 3.10. The van der Waals surface area contributed by atoms with Crippen LogP contribution in [0.4, 0.5) is 5.88 Å². The normalized spacial score (nSPS) is 10.6. The summed E-state index contributed by atoms with van der Waals surface area (Å²) in [4.78, 5) is 22.9. The maximum absolute atomic E-state index is 12.1. The number of hydrogen-bond acceptors (Lipinski definition) is 6. The molecule has 0 aliphatic rings. The van der Waals surface area contributed by atoms with Crippen LogP contribution in [0.5, 0.6) is 11.5 Å². The van der Waals surface area contributed by atoms with Gasteiger partial charge in [0.05, 0.1) is 13.4 Å². The number of nitrogens with two attached hydrogens (primary N) is 1. The van der Waals surface area contributed by atoms with Crippen molar-refractivity contribution < 1.29 is 23.5 Å². The van der Waals surface area contributed by atoms with Crippen molar-refractivity contribution in [1.29, 1.82) is 5.26 Å². The third-order valence-electron chi connectivity index (χ3n) is 2.99. The van der Waals surface area contributed by atoms with Gasteiger partial charge in [0, 0.05) is 6.07 Å². The van der Waals surface area contributed by atoms with Crippen LogP contribution in [0.15, 0.2) is 46.6 Å². The number of furan rings is 1. The highest BCUT2D eigenvalue weighted by Gasteiger charge is 2.12. The molecule has 1 aromatic carbocycles. The molecule has 1 aromatic heterocycles. The Morgan fingerprint density at radius 1 is 1.36 bits per heavy atom. The van der Waals surface area contributed by atoms with Gasteiger partial charge in [-0.1, -0.05) is 6.07 Å². The molecule has 2 rings (SSSR count). The molecule has 8 heteroatoms. The van der Waals surface area contributed by atoms with Gasteiger partial charge in [0.15, 0.2) is 24.0 Å². The Morgan fingerprint density at radius 3 is 2.76 bits per heavy atom. The van der Waals surface area contributed by atoms with Crippen LogP contribution < -0.4 is 20.5 Å². The number of anilines is 1. The van der Waals surface area contributed by atoms with Gasteiger partial charge in [0.1, 0.15) is 11.6 Å². The number of amides is 2. The van der Waals surface area contributed by atoms with Crippen LogP contribution in [-0.4, -0.2) is 25.5 Å². The van der Waals surface area contributed by atoms with E-state index in [2.05, 4.69) is 5.32 Å². The molecule has 25 heavy (non-hydrogen) atoms. The number of methoxy groups -OCH3 is 1. The number of nitriles is 1. The van der Waals surface area contributed by atoms with E-state index in [4.69, 9.17) is 19.6 Å². The zero-order valence-electron chi connectivity index (χ0n) is 13.3. The van der Waals surface area contributed by atoms with Crippen LogP contribution >= 0.6 is 0 Å². The Balaban J connectivity index is 2.20. The second-order valence-electron chi connectivity index (χ2n) is 4.77. The first-order valence-electron chi connectivity index (χ1n) is 7.09. The summed E-state index contributed by atoms with van der Waals surface area (Å²) in [6.07, 6.45) is 2.79. The fourth-order valence-electron chi connectivity index (χ4n) is 1.89. The molecule has 3 N–H and O–H groups in total. The number of hydrogen-bond donors (Lipinski definition) is 2. The molecule has 0 radical (unpaired) electrons. The predicted molar refractivity (Wildman–Crippen MR) is 88.6 cm³/mol. The first-order valence-corrected chi connectivity index (χ1v) is 7.09. The van der Waals surface area contributed by atoms with Gasteiger partial charge in [0.2, 0.25) is 0 Å². The maximum Gasteiger partial charge on any atom is 0.268 e. The van der Waals surface area contributed by atoms with Crippen molar-refractivity contribution in [2.24, 2.45) is 5.73 Å². The van der Waals surface area contributed by atoms with Gasteiger partial charge in [-0.25, -0.2) is 0 Å². The lowest BCUT2D eigenvalue weighted by atomic mass is 10.1. The lowest BCUT2D eigenvalue weighted by Gasteiger charge is -2.10. The molecule has 0 bridgehead atoms. The predicted octanol–water partition coefficient (Wildman–Crippen LogP) is 1.70. The number of carbonyl (C=O) groups excluding carboxylic acids is 2. The van der Waals surface area contributed by atoms with Crippen LogP contribution in [0.2, 0.25) is 0 Å². The number of primary amides is 1. The standard InChI is InChI=1S/C17H15N3O5/c1-23-14-8-11(4-5-13(14)25-10-15(19)21)7-12(9-18)17(22)20-16-3-2-6-24-16/h2-8H,10H2,1H3,(H2,19,21)(H,20,22)/b12-7+. The van der Waals surface area contributed by atoms with E-state index < -0.39 is 11.8 Å². The fraction of sp³-hybridized carbons (Fsp3) is 0.118. The molecule has 0 spiro atoms. The average molecular weight is 341 g/mol. The monoisotopic (exact) mass is 341 g/mol. The Morgan fingerprint density at radius 2 is 2.16 bits per heavy atom. The minimum absolute atomic E-state index is 0.121. The van der Waals surface area contributed by atoms with E-state index in [1.807, 2.05) is 6.07 Å².